The fraction of sp³-hybridized carbons (Fsp3) is 1.00. The molecule has 5 rings (SSSR count). The number of unbranched alkanes of at least 4 members (excludes halogenated alkanes) is 15. The number of hydrogen-bond donors (Lipinski definition) is 0. The predicted octanol–water partition coefficient (Wildman–Crippen LogP) is 9.51. The highest BCUT2D eigenvalue weighted by Gasteiger charge is 2.61. The van der Waals surface area contributed by atoms with Gasteiger partial charge in [-0.05, 0) is 32.1 Å². The molecule has 244 valence electrons. The monoisotopic (exact) mass is 592 g/mol. The smallest absolute Gasteiger partial charge is 0.190 e. The number of fused-ring (bicyclic) bond motifs is 1. The van der Waals surface area contributed by atoms with E-state index in [4.69, 9.17) is 28.4 Å². The van der Waals surface area contributed by atoms with Crippen LogP contribution in [-0.4, -0.2) is 55.5 Å². The summed E-state index contributed by atoms with van der Waals surface area (Å²) in [5, 5.41) is 0. The van der Waals surface area contributed by atoms with Gasteiger partial charge in [0.1, 0.15) is 24.4 Å². The van der Waals surface area contributed by atoms with E-state index < -0.39 is 11.6 Å². The molecule has 3 saturated heterocycles. The molecule has 2 aliphatic carbocycles. The van der Waals surface area contributed by atoms with E-state index >= 15 is 0 Å². The molecule has 0 unspecified atom stereocenters. The Morgan fingerprint density at radius 1 is 0.548 bits per heavy atom. The Morgan fingerprint density at radius 3 is 1.64 bits per heavy atom. The lowest BCUT2D eigenvalue weighted by molar-refractivity contribution is -0.262. The minimum Gasteiger partial charge on any atom is -0.372 e. The molecule has 5 aliphatic rings. The topological polar surface area (TPSA) is 55.4 Å². The van der Waals surface area contributed by atoms with Crippen molar-refractivity contribution in [2.45, 2.75) is 216 Å². The van der Waals surface area contributed by atoms with Crippen LogP contribution in [0.2, 0.25) is 0 Å². The van der Waals surface area contributed by atoms with Crippen LogP contribution in [0.25, 0.3) is 0 Å². The average molecular weight is 593 g/mol. The van der Waals surface area contributed by atoms with Crippen molar-refractivity contribution in [1.82, 2.24) is 0 Å². The molecule has 0 N–H and O–H groups in total. The zero-order valence-electron chi connectivity index (χ0n) is 27.1. The molecule has 0 aromatic heterocycles. The summed E-state index contributed by atoms with van der Waals surface area (Å²) in [6, 6.07) is 0. The van der Waals surface area contributed by atoms with E-state index in [9.17, 15) is 0 Å². The Morgan fingerprint density at radius 2 is 1.07 bits per heavy atom. The number of rotatable bonds is 19. The highest BCUT2D eigenvalue weighted by Crippen LogP contribution is 2.48. The van der Waals surface area contributed by atoms with Gasteiger partial charge in [0.25, 0.3) is 0 Å². The van der Waals surface area contributed by atoms with E-state index in [1.54, 1.807) is 0 Å². The molecule has 0 aromatic rings. The Kier molecular flexibility index (Phi) is 13.8. The van der Waals surface area contributed by atoms with Crippen molar-refractivity contribution >= 4 is 0 Å². The molecule has 6 heteroatoms. The molecule has 0 amide bonds. The highest BCUT2D eigenvalue weighted by atomic mass is 16.9. The maximum absolute atomic E-state index is 6.67. The first-order chi connectivity index (χ1) is 20.7. The molecule has 6 nitrogen and oxygen atoms in total. The summed E-state index contributed by atoms with van der Waals surface area (Å²) in [5.41, 5.74) is 0. The molecule has 0 aromatic carbocycles. The van der Waals surface area contributed by atoms with Crippen molar-refractivity contribution in [2.24, 2.45) is 0 Å². The van der Waals surface area contributed by atoms with E-state index in [-0.39, 0.29) is 30.7 Å². The molecule has 5 fully saturated rings. The van der Waals surface area contributed by atoms with Crippen molar-refractivity contribution < 1.29 is 28.4 Å². The molecule has 2 spiro atoms. The second-order valence-corrected chi connectivity index (χ2v) is 14.2. The van der Waals surface area contributed by atoms with Gasteiger partial charge < -0.3 is 28.4 Å². The summed E-state index contributed by atoms with van der Waals surface area (Å²) in [5.74, 6) is -0.874. The third-order valence-corrected chi connectivity index (χ3v) is 10.7. The van der Waals surface area contributed by atoms with E-state index in [0.717, 1.165) is 51.6 Å². The van der Waals surface area contributed by atoms with Crippen LogP contribution in [0.1, 0.15) is 174 Å². The quantitative estimate of drug-likeness (QED) is 0.139. The molecule has 0 radical (unpaired) electrons. The fourth-order valence-corrected chi connectivity index (χ4v) is 8.13. The second kappa shape index (κ2) is 17.5. The van der Waals surface area contributed by atoms with Crippen LogP contribution in [0, 0.1) is 0 Å². The van der Waals surface area contributed by atoms with Gasteiger partial charge in [0.15, 0.2) is 17.9 Å². The molecule has 5 atom stereocenters. The molecular weight excluding hydrogens is 528 g/mol. The van der Waals surface area contributed by atoms with Crippen LogP contribution in [0.15, 0.2) is 0 Å². The maximum Gasteiger partial charge on any atom is 0.190 e. The number of ether oxygens (including phenoxy) is 6. The first kappa shape index (κ1) is 33.1. The Bertz CT molecular complexity index is 732. The zero-order valence-corrected chi connectivity index (χ0v) is 27.1. The lowest BCUT2D eigenvalue weighted by atomic mass is 9.94. The standard InChI is InChI=1S/C36H64O6/c1-2-3-4-5-6-7-8-9-10-11-12-13-14-15-16-23-28-37-32-31(30-29-38-35(40-30)24-19-17-20-25-35)39-34-33(32)41-36(42-34)26-21-18-22-27-36/h30-34H,2-29H2,1H3/t30-,31-,32-,33-,34-/m1/s1. The van der Waals surface area contributed by atoms with Gasteiger partial charge in [-0.25, -0.2) is 0 Å². The van der Waals surface area contributed by atoms with Crippen LogP contribution < -0.4 is 0 Å². The lowest BCUT2D eigenvalue weighted by Gasteiger charge is -2.35. The van der Waals surface area contributed by atoms with Gasteiger partial charge >= 0.3 is 0 Å². The van der Waals surface area contributed by atoms with Crippen LogP contribution in [0.5, 0.6) is 0 Å². The summed E-state index contributed by atoms with van der Waals surface area (Å²) in [6.45, 7) is 3.62. The Balaban J connectivity index is 0.961. The van der Waals surface area contributed by atoms with Gasteiger partial charge in [-0.15, -0.1) is 0 Å². The van der Waals surface area contributed by atoms with Crippen LogP contribution >= 0.6 is 0 Å². The van der Waals surface area contributed by atoms with Crippen molar-refractivity contribution in [1.29, 1.82) is 0 Å². The molecule has 3 heterocycles. The predicted molar refractivity (Wildman–Crippen MR) is 166 cm³/mol. The first-order valence-electron chi connectivity index (χ1n) is 18.7. The largest absolute Gasteiger partial charge is 0.372 e. The minimum absolute atomic E-state index is 0.112. The van der Waals surface area contributed by atoms with Crippen molar-refractivity contribution in [3.8, 4) is 0 Å². The van der Waals surface area contributed by atoms with Gasteiger partial charge in [0, 0.05) is 32.3 Å². The summed E-state index contributed by atoms with van der Waals surface area (Å²) < 4.78 is 39.2. The van der Waals surface area contributed by atoms with E-state index in [0.29, 0.717) is 6.61 Å². The van der Waals surface area contributed by atoms with Crippen LogP contribution in [0.4, 0.5) is 0 Å². The highest BCUT2D eigenvalue weighted by molar-refractivity contribution is 5.01. The third kappa shape index (κ3) is 9.39. The molecule has 42 heavy (non-hydrogen) atoms. The number of hydrogen-bond acceptors (Lipinski definition) is 6. The fourth-order valence-electron chi connectivity index (χ4n) is 8.13. The van der Waals surface area contributed by atoms with Gasteiger partial charge in [0.05, 0.1) is 6.61 Å². The second-order valence-electron chi connectivity index (χ2n) is 14.2. The van der Waals surface area contributed by atoms with E-state index in [1.807, 2.05) is 0 Å². The summed E-state index contributed by atoms with van der Waals surface area (Å²) >= 11 is 0. The van der Waals surface area contributed by atoms with Crippen molar-refractivity contribution in [2.75, 3.05) is 13.2 Å². The van der Waals surface area contributed by atoms with Crippen molar-refractivity contribution in [3.05, 3.63) is 0 Å². The zero-order chi connectivity index (χ0) is 28.9. The average Bonchev–Trinajstić information content (AvgIpc) is 3.66. The minimum atomic E-state index is -0.466. The molecule has 0 bridgehead atoms. The van der Waals surface area contributed by atoms with E-state index in [1.165, 1.54) is 122 Å². The van der Waals surface area contributed by atoms with Gasteiger partial charge in [0.2, 0.25) is 0 Å². The maximum atomic E-state index is 6.67. The molecule has 2 saturated carbocycles. The lowest BCUT2D eigenvalue weighted by Crippen LogP contribution is -2.46. The first-order valence-corrected chi connectivity index (χ1v) is 18.7. The van der Waals surface area contributed by atoms with Gasteiger partial charge in [-0.3, -0.25) is 0 Å². The SMILES string of the molecule is CCCCCCCCCCCCCCCCCCO[C@H]1[C@H]2OC3(CCCCC3)O[C@H]2O[C@@H]1[C@H]1COC2(CCCCC2)O1. The Labute approximate surface area is 257 Å². The summed E-state index contributed by atoms with van der Waals surface area (Å²) in [6.07, 6.45) is 32.2. The van der Waals surface area contributed by atoms with Crippen LogP contribution in [-0.2, 0) is 28.4 Å². The third-order valence-electron chi connectivity index (χ3n) is 10.7. The Hall–Kier alpha value is -0.240. The summed E-state index contributed by atoms with van der Waals surface area (Å²) in [7, 11) is 0. The van der Waals surface area contributed by atoms with Crippen molar-refractivity contribution in [3.63, 3.8) is 0 Å². The van der Waals surface area contributed by atoms with Gasteiger partial charge in [-0.1, -0.05) is 116 Å². The normalized spacial score (nSPS) is 31.8. The van der Waals surface area contributed by atoms with Crippen LogP contribution in [0.3, 0.4) is 0 Å². The molecular formula is C36H64O6. The van der Waals surface area contributed by atoms with E-state index in [2.05, 4.69) is 6.92 Å². The molecule has 3 aliphatic heterocycles. The van der Waals surface area contributed by atoms with Gasteiger partial charge in [-0.2, -0.15) is 0 Å². The summed E-state index contributed by atoms with van der Waals surface area (Å²) in [4.78, 5) is 0.